The van der Waals surface area contributed by atoms with Crippen molar-refractivity contribution in [3.63, 3.8) is 0 Å². The van der Waals surface area contributed by atoms with Crippen LogP contribution in [-0.4, -0.2) is 57.2 Å². The molecule has 1 amide bonds. The molecule has 4 rings (SSSR count). The van der Waals surface area contributed by atoms with Crippen molar-refractivity contribution in [3.05, 3.63) is 80.8 Å². The molecule has 10 heteroatoms. The zero-order chi connectivity index (χ0) is 29.4. The van der Waals surface area contributed by atoms with E-state index in [9.17, 15) is 18.0 Å². The summed E-state index contributed by atoms with van der Waals surface area (Å²) >= 11 is 0. The number of carbonyl (C=O) groups is 1. The fourth-order valence-corrected chi connectivity index (χ4v) is 6.53. The fraction of sp³-hybridized carbons (Fsp3) is 0.400. The molecule has 9 nitrogen and oxygen atoms in total. The molecule has 1 aliphatic heterocycles. The van der Waals surface area contributed by atoms with Crippen LogP contribution in [0.25, 0.3) is 11.1 Å². The van der Waals surface area contributed by atoms with Crippen molar-refractivity contribution in [1.82, 2.24) is 15.2 Å². The zero-order valence-corrected chi connectivity index (χ0v) is 25.0. The van der Waals surface area contributed by atoms with Crippen LogP contribution in [-0.2, 0) is 23.1 Å². The van der Waals surface area contributed by atoms with Gasteiger partial charge in [0, 0.05) is 30.3 Å². The lowest BCUT2D eigenvalue weighted by Crippen LogP contribution is -2.35. The van der Waals surface area contributed by atoms with Crippen LogP contribution >= 0.6 is 0 Å². The monoisotopic (exact) mass is 566 g/mol. The Morgan fingerprint density at radius 2 is 1.90 bits per heavy atom. The number of carbonyl (C=O) groups excluding carboxylic acids is 1. The number of ether oxygens (including phenoxy) is 1. The molecule has 0 saturated heterocycles. The van der Waals surface area contributed by atoms with Crippen LogP contribution in [0.15, 0.2) is 47.3 Å². The number of fused-ring (bicyclic) bond motifs is 1. The van der Waals surface area contributed by atoms with Crippen molar-refractivity contribution in [3.8, 4) is 16.9 Å². The summed E-state index contributed by atoms with van der Waals surface area (Å²) in [4.78, 5) is 31.2. The van der Waals surface area contributed by atoms with Crippen molar-refractivity contribution in [2.75, 3.05) is 32.1 Å². The number of hydrogen-bond acceptors (Lipinski definition) is 6. The summed E-state index contributed by atoms with van der Waals surface area (Å²) in [6.45, 7) is 7.95. The predicted octanol–water partition coefficient (Wildman–Crippen LogP) is 4.01. The largest absolute Gasteiger partial charge is 0.496 e. The van der Waals surface area contributed by atoms with Crippen molar-refractivity contribution in [1.29, 1.82) is 0 Å². The summed E-state index contributed by atoms with van der Waals surface area (Å²) in [7, 11) is 1.84. The first-order valence-electron chi connectivity index (χ1n) is 13.3. The van der Waals surface area contributed by atoms with Gasteiger partial charge < -0.3 is 19.9 Å². The number of aromatic nitrogens is 1. The maximum Gasteiger partial charge on any atom is 0.256 e. The Hall–Kier alpha value is -3.63. The molecule has 1 aromatic heterocycles. The maximum absolute atomic E-state index is 13.7. The number of nitrogens with zero attached hydrogens (tertiary/aromatic N) is 2. The Bertz CT molecular complexity index is 1590. The fourth-order valence-electron chi connectivity index (χ4n) is 5.16. The first-order chi connectivity index (χ1) is 18.8. The third-order valence-corrected chi connectivity index (χ3v) is 9.29. The van der Waals surface area contributed by atoms with Gasteiger partial charge in [-0.1, -0.05) is 25.1 Å². The van der Waals surface area contributed by atoms with Crippen LogP contribution < -0.4 is 19.9 Å². The molecule has 2 N–H and O–H groups in total. The zero-order valence-electron chi connectivity index (χ0n) is 24.2. The highest BCUT2D eigenvalue weighted by Gasteiger charge is 2.38. The van der Waals surface area contributed by atoms with Gasteiger partial charge in [-0.25, -0.2) is 8.42 Å². The van der Waals surface area contributed by atoms with E-state index in [1.807, 2.05) is 51.4 Å². The lowest BCUT2D eigenvalue weighted by atomic mass is 9.92. The molecule has 40 heavy (non-hydrogen) atoms. The molecule has 0 bridgehead atoms. The van der Waals surface area contributed by atoms with Crippen molar-refractivity contribution >= 4 is 21.6 Å². The van der Waals surface area contributed by atoms with Gasteiger partial charge in [-0.05, 0) is 81.4 Å². The number of H-pyrrole nitrogens is 1. The average Bonchev–Trinajstić information content (AvgIpc) is 3.23. The Morgan fingerprint density at radius 1 is 1.18 bits per heavy atom. The van der Waals surface area contributed by atoms with Crippen LogP contribution in [0.1, 0.15) is 59.4 Å². The summed E-state index contributed by atoms with van der Waals surface area (Å²) in [6, 6.07) is 13.4. The molecule has 1 unspecified atom stereocenters. The molecule has 0 saturated carbocycles. The Morgan fingerprint density at radius 3 is 2.55 bits per heavy atom. The van der Waals surface area contributed by atoms with Gasteiger partial charge in [-0.2, -0.15) is 0 Å². The van der Waals surface area contributed by atoms with Crippen LogP contribution in [0.5, 0.6) is 5.75 Å². The van der Waals surface area contributed by atoms with Gasteiger partial charge in [0.15, 0.2) is 0 Å². The van der Waals surface area contributed by atoms with E-state index in [1.165, 1.54) is 11.4 Å². The minimum atomic E-state index is -3.63. The van der Waals surface area contributed by atoms with E-state index in [-0.39, 0.29) is 30.5 Å². The number of benzene rings is 2. The van der Waals surface area contributed by atoms with Crippen LogP contribution in [0.3, 0.4) is 0 Å². The average molecular weight is 567 g/mol. The van der Waals surface area contributed by atoms with Crippen LogP contribution in [0, 0.1) is 6.92 Å². The SMILES string of the molecule is COc1cc(C)[nH]c(=O)c1CNC(=O)c1cc(-c2cccc(CN(C)C)c2)cc2c1C(C)CN2S(=O)(=O)C(C)C. The Kier molecular flexibility index (Phi) is 8.41. The minimum absolute atomic E-state index is 0.0443. The second kappa shape index (κ2) is 11.5. The van der Waals surface area contributed by atoms with Crippen molar-refractivity contribution in [2.45, 2.75) is 52.0 Å². The van der Waals surface area contributed by atoms with E-state index in [2.05, 4.69) is 21.3 Å². The van der Waals surface area contributed by atoms with Gasteiger partial charge in [-0.3, -0.25) is 13.9 Å². The van der Waals surface area contributed by atoms with E-state index >= 15 is 0 Å². The van der Waals surface area contributed by atoms with E-state index in [1.54, 1.807) is 26.8 Å². The number of hydrogen-bond donors (Lipinski definition) is 2. The molecule has 1 aliphatic rings. The number of nitrogens with one attached hydrogen (secondary N) is 2. The summed E-state index contributed by atoms with van der Waals surface area (Å²) in [5.41, 5.74) is 4.94. The van der Waals surface area contributed by atoms with Crippen LogP contribution in [0.4, 0.5) is 5.69 Å². The number of aryl methyl sites for hydroxylation is 1. The normalized spacial score (nSPS) is 15.0. The molecular weight excluding hydrogens is 528 g/mol. The molecule has 0 radical (unpaired) electrons. The van der Waals surface area contributed by atoms with Crippen molar-refractivity contribution < 1.29 is 17.9 Å². The molecular formula is C30H38N4O5S. The minimum Gasteiger partial charge on any atom is -0.496 e. The molecule has 2 aromatic carbocycles. The summed E-state index contributed by atoms with van der Waals surface area (Å²) in [6.07, 6.45) is 0. The Balaban J connectivity index is 1.82. The smallest absolute Gasteiger partial charge is 0.256 e. The van der Waals surface area contributed by atoms with E-state index in [0.29, 0.717) is 33.8 Å². The summed E-state index contributed by atoms with van der Waals surface area (Å²) < 4.78 is 33.5. The standard InChI is InChI=1S/C30H38N4O5S/c1-18(2)40(37,38)34-16-19(3)28-24(29(35)31-15-25-27(39-7)11-20(4)32-30(25)36)13-23(14-26(28)34)22-10-8-9-21(12-22)17-33(5)6/h8-14,18-19H,15-17H2,1-7H3,(H,31,35)(H,32,36). The number of pyridine rings is 1. The van der Waals surface area contributed by atoms with Crippen LogP contribution in [0.2, 0.25) is 0 Å². The second-order valence-electron chi connectivity index (χ2n) is 10.9. The number of amides is 1. The van der Waals surface area contributed by atoms with E-state index in [0.717, 1.165) is 23.2 Å². The lowest BCUT2D eigenvalue weighted by molar-refractivity contribution is 0.0949. The number of anilines is 1. The number of aromatic amines is 1. The van der Waals surface area contributed by atoms with Gasteiger partial charge in [0.2, 0.25) is 10.0 Å². The molecule has 3 aromatic rings. The highest BCUT2D eigenvalue weighted by Crippen LogP contribution is 2.43. The van der Waals surface area contributed by atoms with Gasteiger partial charge in [-0.15, -0.1) is 0 Å². The summed E-state index contributed by atoms with van der Waals surface area (Å²) in [5, 5.41) is 2.26. The van der Waals surface area contributed by atoms with Crippen molar-refractivity contribution in [2.24, 2.45) is 0 Å². The first-order valence-corrected chi connectivity index (χ1v) is 14.8. The third-order valence-electron chi connectivity index (χ3n) is 7.14. The highest BCUT2D eigenvalue weighted by atomic mass is 32.2. The predicted molar refractivity (Wildman–Crippen MR) is 159 cm³/mol. The third kappa shape index (κ3) is 5.78. The van der Waals surface area contributed by atoms with Gasteiger partial charge in [0.1, 0.15) is 5.75 Å². The Labute approximate surface area is 236 Å². The molecule has 214 valence electrons. The first kappa shape index (κ1) is 29.4. The quantitative estimate of drug-likeness (QED) is 0.405. The number of rotatable bonds is 9. The van der Waals surface area contributed by atoms with E-state index in [4.69, 9.17) is 4.74 Å². The molecule has 1 atom stereocenters. The lowest BCUT2D eigenvalue weighted by Gasteiger charge is -2.23. The topological polar surface area (TPSA) is 112 Å². The van der Waals surface area contributed by atoms with Gasteiger partial charge in [0.25, 0.3) is 11.5 Å². The van der Waals surface area contributed by atoms with Gasteiger partial charge in [0.05, 0.1) is 30.2 Å². The highest BCUT2D eigenvalue weighted by molar-refractivity contribution is 7.93. The number of methoxy groups -OCH3 is 1. The van der Waals surface area contributed by atoms with E-state index < -0.39 is 15.3 Å². The maximum atomic E-state index is 13.7. The number of sulfonamides is 1. The molecule has 0 fully saturated rings. The molecule has 0 spiro atoms. The molecule has 2 heterocycles. The van der Waals surface area contributed by atoms with Gasteiger partial charge >= 0.3 is 0 Å². The summed E-state index contributed by atoms with van der Waals surface area (Å²) in [5.74, 6) is -0.197. The second-order valence-corrected chi connectivity index (χ2v) is 13.3. The molecule has 0 aliphatic carbocycles.